The van der Waals surface area contributed by atoms with E-state index in [-0.39, 0.29) is 5.78 Å². The summed E-state index contributed by atoms with van der Waals surface area (Å²) in [5.41, 5.74) is 0. The van der Waals surface area contributed by atoms with Gasteiger partial charge in [-0.2, -0.15) is 0 Å². The van der Waals surface area contributed by atoms with Crippen LogP contribution in [0.5, 0.6) is 0 Å². The molecule has 0 aromatic rings. The quantitative estimate of drug-likeness (QED) is 0.522. The molecular formula is C11H16O4. The van der Waals surface area contributed by atoms with Crippen LogP contribution in [0.1, 0.15) is 26.7 Å². The summed E-state index contributed by atoms with van der Waals surface area (Å²) < 4.78 is 10.0. The average Bonchev–Trinajstić information content (AvgIpc) is 2.18. The van der Waals surface area contributed by atoms with E-state index in [2.05, 4.69) is 0 Å². The number of carbonyl (C=O) groups excluding carboxylic acids is 2. The van der Waals surface area contributed by atoms with E-state index in [4.69, 9.17) is 9.47 Å². The predicted molar refractivity (Wildman–Crippen MR) is 54.1 cm³/mol. The van der Waals surface area contributed by atoms with Crippen molar-refractivity contribution in [2.24, 2.45) is 5.92 Å². The molecule has 1 aliphatic rings. The van der Waals surface area contributed by atoms with Crippen LogP contribution in [0.2, 0.25) is 0 Å². The highest BCUT2D eigenvalue weighted by molar-refractivity contribution is 6.05. The van der Waals surface area contributed by atoms with E-state index >= 15 is 0 Å². The first-order valence-corrected chi connectivity index (χ1v) is 5.22. The lowest BCUT2D eigenvalue weighted by atomic mass is 9.92. The van der Waals surface area contributed by atoms with Gasteiger partial charge in [-0.1, -0.05) is 0 Å². The third kappa shape index (κ3) is 3.08. The molecule has 0 spiro atoms. The van der Waals surface area contributed by atoms with Crippen molar-refractivity contribution in [3.63, 3.8) is 0 Å². The van der Waals surface area contributed by atoms with Crippen LogP contribution in [-0.4, -0.2) is 25.0 Å². The SMILES string of the molecule is CCOC(=O)[C@H]1CCC(OCC)=CC1=O. The monoisotopic (exact) mass is 212 g/mol. The van der Waals surface area contributed by atoms with Gasteiger partial charge in [-0.05, 0) is 20.3 Å². The van der Waals surface area contributed by atoms with Gasteiger partial charge in [0.15, 0.2) is 5.78 Å². The van der Waals surface area contributed by atoms with Crippen molar-refractivity contribution in [2.75, 3.05) is 13.2 Å². The molecule has 0 aromatic carbocycles. The van der Waals surface area contributed by atoms with Crippen LogP contribution >= 0.6 is 0 Å². The van der Waals surface area contributed by atoms with Gasteiger partial charge < -0.3 is 9.47 Å². The molecule has 4 nitrogen and oxygen atoms in total. The maximum atomic E-state index is 11.5. The zero-order chi connectivity index (χ0) is 11.3. The zero-order valence-corrected chi connectivity index (χ0v) is 9.12. The van der Waals surface area contributed by atoms with Gasteiger partial charge >= 0.3 is 5.97 Å². The maximum Gasteiger partial charge on any atom is 0.316 e. The Hall–Kier alpha value is -1.32. The number of hydrogen-bond donors (Lipinski definition) is 0. The fourth-order valence-electron chi connectivity index (χ4n) is 1.54. The van der Waals surface area contributed by atoms with Crippen molar-refractivity contribution in [2.45, 2.75) is 26.7 Å². The second-order valence-electron chi connectivity index (χ2n) is 3.29. The Labute approximate surface area is 89.2 Å². The normalized spacial score (nSPS) is 20.8. The number of allylic oxidation sites excluding steroid dienone is 2. The molecule has 0 bridgehead atoms. The molecule has 0 unspecified atom stereocenters. The molecule has 15 heavy (non-hydrogen) atoms. The Balaban J connectivity index is 2.60. The molecule has 0 heterocycles. The zero-order valence-electron chi connectivity index (χ0n) is 9.12. The minimum absolute atomic E-state index is 0.205. The molecule has 0 fully saturated rings. The van der Waals surface area contributed by atoms with Gasteiger partial charge in [0, 0.05) is 12.5 Å². The fourth-order valence-corrected chi connectivity index (χ4v) is 1.54. The van der Waals surface area contributed by atoms with Crippen molar-refractivity contribution in [3.8, 4) is 0 Å². The highest BCUT2D eigenvalue weighted by atomic mass is 16.5. The van der Waals surface area contributed by atoms with E-state index in [1.165, 1.54) is 6.08 Å². The molecule has 0 aliphatic heterocycles. The Morgan fingerprint density at radius 2 is 2.20 bits per heavy atom. The summed E-state index contributed by atoms with van der Waals surface area (Å²) in [5.74, 6) is -0.588. The van der Waals surface area contributed by atoms with Gasteiger partial charge in [0.25, 0.3) is 0 Å². The molecule has 0 amide bonds. The highest BCUT2D eigenvalue weighted by Crippen LogP contribution is 2.22. The Bertz CT molecular complexity index is 280. The first kappa shape index (κ1) is 11.8. The third-order valence-corrected chi connectivity index (χ3v) is 2.23. The topological polar surface area (TPSA) is 52.6 Å². The second kappa shape index (κ2) is 5.53. The summed E-state index contributed by atoms with van der Waals surface area (Å²) >= 11 is 0. The van der Waals surface area contributed by atoms with E-state index in [1.54, 1.807) is 6.92 Å². The summed E-state index contributed by atoms with van der Waals surface area (Å²) in [6.07, 6.45) is 2.53. The van der Waals surface area contributed by atoms with Crippen LogP contribution in [0, 0.1) is 5.92 Å². The van der Waals surface area contributed by atoms with Gasteiger partial charge in [0.2, 0.25) is 0 Å². The lowest BCUT2D eigenvalue weighted by Crippen LogP contribution is -2.28. The second-order valence-corrected chi connectivity index (χ2v) is 3.29. The summed E-state index contributed by atoms with van der Waals surface area (Å²) in [5, 5.41) is 0. The van der Waals surface area contributed by atoms with Gasteiger partial charge in [0.1, 0.15) is 5.92 Å². The summed E-state index contributed by atoms with van der Waals surface area (Å²) in [4.78, 5) is 22.9. The van der Waals surface area contributed by atoms with Gasteiger partial charge in [-0.3, -0.25) is 9.59 Å². The van der Waals surface area contributed by atoms with E-state index in [0.29, 0.717) is 31.8 Å². The smallest absolute Gasteiger partial charge is 0.316 e. The van der Waals surface area contributed by atoms with Crippen LogP contribution in [0.15, 0.2) is 11.8 Å². The molecule has 0 N–H and O–H groups in total. The Kier molecular flexibility index (Phi) is 4.34. The largest absolute Gasteiger partial charge is 0.498 e. The van der Waals surface area contributed by atoms with Crippen molar-refractivity contribution < 1.29 is 19.1 Å². The molecule has 0 saturated heterocycles. The van der Waals surface area contributed by atoms with Gasteiger partial charge in [-0.25, -0.2) is 0 Å². The first-order chi connectivity index (χ1) is 7.19. The van der Waals surface area contributed by atoms with E-state index in [0.717, 1.165) is 0 Å². The van der Waals surface area contributed by atoms with Crippen molar-refractivity contribution >= 4 is 11.8 Å². The molecule has 1 rings (SSSR count). The van der Waals surface area contributed by atoms with E-state index < -0.39 is 11.9 Å². The minimum Gasteiger partial charge on any atom is -0.498 e. The van der Waals surface area contributed by atoms with Crippen LogP contribution < -0.4 is 0 Å². The first-order valence-electron chi connectivity index (χ1n) is 5.22. The standard InChI is InChI=1S/C11H16O4/c1-3-14-8-5-6-9(10(12)7-8)11(13)15-4-2/h7,9H,3-6H2,1-2H3/t9-/m0/s1. The fraction of sp³-hybridized carbons (Fsp3) is 0.636. The van der Waals surface area contributed by atoms with Crippen LogP contribution in [0.25, 0.3) is 0 Å². The minimum atomic E-state index is -0.630. The molecule has 84 valence electrons. The summed E-state index contributed by atoms with van der Waals surface area (Å²) in [6.45, 7) is 4.45. The maximum absolute atomic E-state index is 11.5. The van der Waals surface area contributed by atoms with Crippen molar-refractivity contribution in [1.29, 1.82) is 0 Å². The molecule has 0 aromatic heterocycles. The highest BCUT2D eigenvalue weighted by Gasteiger charge is 2.30. The number of ketones is 1. The van der Waals surface area contributed by atoms with E-state index in [9.17, 15) is 9.59 Å². The Morgan fingerprint density at radius 3 is 2.73 bits per heavy atom. The van der Waals surface area contributed by atoms with Crippen molar-refractivity contribution in [3.05, 3.63) is 11.8 Å². The van der Waals surface area contributed by atoms with Crippen molar-refractivity contribution in [1.82, 2.24) is 0 Å². The van der Waals surface area contributed by atoms with Gasteiger partial charge in [-0.15, -0.1) is 0 Å². The van der Waals surface area contributed by atoms with Crippen LogP contribution in [-0.2, 0) is 19.1 Å². The lowest BCUT2D eigenvalue weighted by Gasteiger charge is -2.19. The molecule has 0 saturated carbocycles. The summed E-state index contributed by atoms with van der Waals surface area (Å²) in [6, 6.07) is 0. The van der Waals surface area contributed by atoms with Gasteiger partial charge in [0.05, 0.1) is 19.0 Å². The Morgan fingerprint density at radius 1 is 1.47 bits per heavy atom. The molecule has 0 radical (unpaired) electrons. The predicted octanol–water partition coefficient (Wildman–Crippen LogP) is 1.45. The number of ether oxygens (including phenoxy) is 2. The molecular weight excluding hydrogens is 196 g/mol. The van der Waals surface area contributed by atoms with Crippen LogP contribution in [0.3, 0.4) is 0 Å². The molecule has 1 atom stereocenters. The third-order valence-electron chi connectivity index (χ3n) is 2.23. The summed E-state index contributed by atoms with van der Waals surface area (Å²) in [7, 11) is 0. The number of rotatable bonds is 4. The molecule has 4 heteroatoms. The average molecular weight is 212 g/mol. The van der Waals surface area contributed by atoms with E-state index in [1.807, 2.05) is 6.92 Å². The number of esters is 1. The number of carbonyl (C=O) groups is 2. The lowest BCUT2D eigenvalue weighted by molar-refractivity contribution is -0.151. The molecule has 1 aliphatic carbocycles. The van der Waals surface area contributed by atoms with Crippen LogP contribution in [0.4, 0.5) is 0 Å². The number of hydrogen-bond acceptors (Lipinski definition) is 4.